The maximum Gasteiger partial charge on any atom is 0.257 e. The van der Waals surface area contributed by atoms with E-state index in [0.29, 0.717) is 28.8 Å². The van der Waals surface area contributed by atoms with E-state index in [1.54, 1.807) is 19.2 Å². The molecule has 0 aliphatic rings. The number of carbonyl (C=O) groups excluding carboxylic acids is 1. The van der Waals surface area contributed by atoms with Crippen LogP contribution in [0.2, 0.25) is 0 Å². The predicted octanol–water partition coefficient (Wildman–Crippen LogP) is 2.35. The number of hydrogen-bond donors (Lipinski definition) is 3. The highest BCUT2D eigenvalue weighted by atomic mass is 16.3. The number of nitrogens with zero attached hydrogens (tertiary/aromatic N) is 1. The van der Waals surface area contributed by atoms with E-state index in [1.165, 1.54) is 0 Å². The number of rotatable bonds is 4. The second-order valence-corrected chi connectivity index (χ2v) is 5.93. The lowest BCUT2D eigenvalue weighted by atomic mass is 10.1. The largest absolute Gasteiger partial charge is 0.436 e. The normalized spacial score (nSPS) is 10.8. The van der Waals surface area contributed by atoms with Crippen LogP contribution in [-0.2, 0) is 13.2 Å². The van der Waals surface area contributed by atoms with Crippen molar-refractivity contribution in [2.45, 2.75) is 27.0 Å². The molecular weight excluding hydrogens is 318 g/mol. The first kappa shape index (κ1) is 16.9. The molecule has 1 amide bonds. The Balaban J connectivity index is 1.92. The number of aliphatic hydroxyl groups excluding tert-OH is 1. The van der Waals surface area contributed by atoms with Gasteiger partial charge in [-0.2, -0.15) is 0 Å². The molecule has 0 radical (unpaired) electrons. The second kappa shape index (κ2) is 6.86. The van der Waals surface area contributed by atoms with Gasteiger partial charge in [0.15, 0.2) is 5.58 Å². The molecule has 0 fully saturated rings. The molecule has 0 spiro atoms. The van der Waals surface area contributed by atoms with E-state index in [9.17, 15) is 9.90 Å². The van der Waals surface area contributed by atoms with Gasteiger partial charge in [-0.1, -0.05) is 29.8 Å². The minimum Gasteiger partial charge on any atom is -0.436 e. The number of carbonyl (C=O) groups is 1. The third kappa shape index (κ3) is 3.44. The smallest absolute Gasteiger partial charge is 0.257 e. The molecule has 2 aromatic heterocycles. The topological polar surface area (TPSA) is 99.2 Å². The molecule has 3 aromatic rings. The highest BCUT2D eigenvalue weighted by molar-refractivity contribution is 5.97. The van der Waals surface area contributed by atoms with Gasteiger partial charge in [0.05, 0.1) is 12.3 Å². The van der Waals surface area contributed by atoms with E-state index < -0.39 is 5.91 Å². The fraction of sp³-hybridized carbons (Fsp3) is 0.211. The SMILES string of the molecule is Cc1ccc(CNC(=O)c2cc3c(CO)cnc(C)c3oc2=N)cc1. The van der Waals surface area contributed by atoms with Crippen molar-refractivity contribution >= 4 is 16.9 Å². The van der Waals surface area contributed by atoms with Crippen LogP contribution in [0.25, 0.3) is 11.0 Å². The standard InChI is InChI=1S/C19H19N3O3/c1-11-3-5-13(6-4-11)8-22-19(24)16-7-15-14(10-23)9-21-12(2)17(15)25-18(16)20/h3-7,9,20,23H,8,10H2,1-2H3,(H,22,24). The molecule has 1 aromatic carbocycles. The highest BCUT2D eigenvalue weighted by Gasteiger charge is 2.15. The lowest BCUT2D eigenvalue weighted by Crippen LogP contribution is -2.28. The molecule has 0 aliphatic carbocycles. The lowest BCUT2D eigenvalue weighted by Gasteiger charge is -2.09. The molecule has 3 N–H and O–H groups in total. The van der Waals surface area contributed by atoms with Gasteiger partial charge >= 0.3 is 0 Å². The van der Waals surface area contributed by atoms with Crippen LogP contribution in [0, 0.1) is 19.3 Å². The number of aliphatic hydroxyl groups is 1. The van der Waals surface area contributed by atoms with E-state index in [4.69, 9.17) is 9.83 Å². The number of fused-ring (bicyclic) bond motifs is 1. The quantitative estimate of drug-likeness (QED) is 0.680. The van der Waals surface area contributed by atoms with E-state index in [2.05, 4.69) is 10.3 Å². The minimum absolute atomic E-state index is 0.125. The molecule has 6 nitrogen and oxygen atoms in total. The van der Waals surface area contributed by atoms with Crippen molar-refractivity contribution in [2.75, 3.05) is 0 Å². The Morgan fingerprint density at radius 1 is 1.28 bits per heavy atom. The Bertz CT molecular complexity index is 991. The van der Waals surface area contributed by atoms with Crippen molar-refractivity contribution in [1.29, 1.82) is 5.41 Å². The summed E-state index contributed by atoms with van der Waals surface area (Å²) in [6, 6.07) is 9.42. The van der Waals surface area contributed by atoms with Crippen LogP contribution in [0.5, 0.6) is 0 Å². The molecule has 0 aliphatic heterocycles. The third-order valence-electron chi connectivity index (χ3n) is 4.06. The number of aromatic nitrogens is 1. The summed E-state index contributed by atoms with van der Waals surface area (Å²) in [4.78, 5) is 16.6. The Hall–Kier alpha value is -2.99. The fourth-order valence-electron chi connectivity index (χ4n) is 2.58. The van der Waals surface area contributed by atoms with Gasteiger partial charge in [0.25, 0.3) is 5.91 Å². The molecule has 2 heterocycles. The number of pyridine rings is 1. The van der Waals surface area contributed by atoms with Crippen molar-refractivity contribution in [2.24, 2.45) is 0 Å². The van der Waals surface area contributed by atoms with Gasteiger partial charge in [-0.15, -0.1) is 0 Å². The molecule has 0 bridgehead atoms. The molecular formula is C19H19N3O3. The van der Waals surface area contributed by atoms with Crippen molar-refractivity contribution in [3.63, 3.8) is 0 Å². The minimum atomic E-state index is -0.394. The molecule has 0 atom stereocenters. The number of nitrogens with one attached hydrogen (secondary N) is 2. The van der Waals surface area contributed by atoms with Gasteiger partial charge in [-0.3, -0.25) is 15.2 Å². The third-order valence-corrected chi connectivity index (χ3v) is 4.06. The van der Waals surface area contributed by atoms with Gasteiger partial charge in [-0.05, 0) is 25.5 Å². The summed E-state index contributed by atoms with van der Waals surface area (Å²) < 4.78 is 5.49. The van der Waals surface area contributed by atoms with Gasteiger partial charge in [-0.25, -0.2) is 0 Å². The average molecular weight is 337 g/mol. The van der Waals surface area contributed by atoms with Gasteiger partial charge in [0.2, 0.25) is 5.55 Å². The van der Waals surface area contributed by atoms with Gasteiger partial charge < -0.3 is 14.8 Å². The monoisotopic (exact) mass is 337 g/mol. The summed E-state index contributed by atoms with van der Waals surface area (Å²) in [5.41, 5.74) is 3.58. The molecule has 6 heteroatoms. The Kier molecular flexibility index (Phi) is 4.63. The summed E-state index contributed by atoms with van der Waals surface area (Å²) >= 11 is 0. The zero-order valence-corrected chi connectivity index (χ0v) is 14.1. The zero-order valence-electron chi connectivity index (χ0n) is 14.1. The molecule has 25 heavy (non-hydrogen) atoms. The first-order chi connectivity index (χ1) is 12.0. The molecule has 0 unspecified atom stereocenters. The predicted molar refractivity (Wildman–Crippen MR) is 92.9 cm³/mol. The Morgan fingerprint density at radius 3 is 2.68 bits per heavy atom. The molecule has 0 saturated carbocycles. The van der Waals surface area contributed by atoms with Crippen LogP contribution >= 0.6 is 0 Å². The first-order valence-electron chi connectivity index (χ1n) is 7.91. The van der Waals surface area contributed by atoms with Crippen LogP contribution in [0.15, 0.2) is 40.9 Å². The van der Waals surface area contributed by atoms with Crippen LogP contribution in [0.4, 0.5) is 0 Å². The van der Waals surface area contributed by atoms with Crippen molar-refractivity contribution in [3.05, 3.63) is 70.0 Å². The van der Waals surface area contributed by atoms with Crippen molar-refractivity contribution in [3.8, 4) is 0 Å². The van der Waals surface area contributed by atoms with Crippen molar-refractivity contribution in [1.82, 2.24) is 10.3 Å². The Morgan fingerprint density at radius 2 is 2.00 bits per heavy atom. The Labute approximate surface area is 144 Å². The lowest BCUT2D eigenvalue weighted by molar-refractivity contribution is 0.0946. The van der Waals surface area contributed by atoms with Gasteiger partial charge in [0.1, 0.15) is 5.56 Å². The molecule has 128 valence electrons. The summed E-state index contributed by atoms with van der Waals surface area (Å²) in [6.07, 6.45) is 1.55. The van der Waals surface area contributed by atoms with Gasteiger partial charge in [0, 0.05) is 23.7 Å². The van der Waals surface area contributed by atoms with E-state index in [0.717, 1.165) is 11.1 Å². The second-order valence-electron chi connectivity index (χ2n) is 5.93. The molecule has 3 rings (SSSR count). The number of hydrogen-bond acceptors (Lipinski definition) is 5. The van der Waals surface area contributed by atoms with Crippen LogP contribution < -0.4 is 10.9 Å². The van der Waals surface area contributed by atoms with E-state index in [-0.39, 0.29) is 17.7 Å². The summed E-state index contributed by atoms with van der Waals surface area (Å²) in [5.74, 6) is -0.394. The maximum absolute atomic E-state index is 12.5. The maximum atomic E-state index is 12.5. The average Bonchev–Trinajstić information content (AvgIpc) is 2.61. The van der Waals surface area contributed by atoms with Crippen LogP contribution in [0.1, 0.15) is 32.7 Å². The zero-order chi connectivity index (χ0) is 18.0. The highest BCUT2D eigenvalue weighted by Crippen LogP contribution is 2.20. The fourth-order valence-corrected chi connectivity index (χ4v) is 2.58. The first-order valence-corrected chi connectivity index (χ1v) is 7.91. The number of amides is 1. The number of aryl methyl sites for hydroxylation is 2. The summed E-state index contributed by atoms with van der Waals surface area (Å²) in [6.45, 7) is 3.89. The van der Waals surface area contributed by atoms with Crippen molar-refractivity contribution < 1.29 is 14.3 Å². The van der Waals surface area contributed by atoms with E-state index in [1.807, 2.05) is 31.2 Å². The summed E-state index contributed by atoms with van der Waals surface area (Å²) in [7, 11) is 0. The summed E-state index contributed by atoms with van der Waals surface area (Å²) in [5, 5.41) is 20.9. The number of benzene rings is 1. The molecule has 0 saturated heterocycles. The van der Waals surface area contributed by atoms with Crippen LogP contribution in [0.3, 0.4) is 0 Å². The van der Waals surface area contributed by atoms with E-state index >= 15 is 0 Å². The van der Waals surface area contributed by atoms with Crippen LogP contribution in [-0.4, -0.2) is 16.0 Å².